The number of carbonyl (C=O) groups is 1. The fourth-order valence-corrected chi connectivity index (χ4v) is 3.22. The molecule has 0 aliphatic rings. The van der Waals surface area contributed by atoms with E-state index in [0.717, 1.165) is 0 Å². The lowest BCUT2D eigenvalue weighted by atomic mass is 9.92. The van der Waals surface area contributed by atoms with Gasteiger partial charge in [-0.25, -0.2) is 0 Å². The zero-order valence-electron chi connectivity index (χ0n) is 17.4. The van der Waals surface area contributed by atoms with Crippen molar-refractivity contribution in [3.8, 4) is 22.8 Å². The van der Waals surface area contributed by atoms with Crippen molar-refractivity contribution in [1.82, 2.24) is 10.5 Å². The van der Waals surface area contributed by atoms with E-state index in [0.29, 0.717) is 29.2 Å². The Morgan fingerprint density at radius 3 is 2.55 bits per heavy atom. The van der Waals surface area contributed by atoms with Crippen LogP contribution in [0.4, 0.5) is 0 Å². The van der Waals surface area contributed by atoms with Gasteiger partial charge in [0, 0.05) is 11.6 Å². The summed E-state index contributed by atoms with van der Waals surface area (Å²) in [5.41, 5.74) is 2.82. The lowest BCUT2D eigenvalue weighted by Gasteiger charge is -2.26. The molecule has 0 aliphatic carbocycles. The van der Waals surface area contributed by atoms with Gasteiger partial charge in [-0.15, -0.1) is 0 Å². The van der Waals surface area contributed by atoms with E-state index in [1.165, 1.54) is 11.1 Å². The average Bonchev–Trinajstić information content (AvgIpc) is 3.19. The van der Waals surface area contributed by atoms with Crippen LogP contribution in [-0.4, -0.2) is 30.8 Å². The van der Waals surface area contributed by atoms with Crippen LogP contribution in [0.25, 0.3) is 11.3 Å². The smallest absolute Gasteiger partial charge is 0.273 e. The maximum atomic E-state index is 12.8. The average molecular weight is 394 g/mol. The molecule has 2 aromatic carbocycles. The van der Waals surface area contributed by atoms with Gasteiger partial charge in [0.2, 0.25) is 0 Å². The highest BCUT2D eigenvalue weighted by Crippen LogP contribution is 2.33. The lowest BCUT2D eigenvalue weighted by Crippen LogP contribution is -2.45. The van der Waals surface area contributed by atoms with Gasteiger partial charge in [-0.1, -0.05) is 29.4 Å². The third-order valence-electron chi connectivity index (χ3n) is 4.76. The number of carbonyl (C=O) groups excluding carboxylic acids is 1. The van der Waals surface area contributed by atoms with Gasteiger partial charge < -0.3 is 19.3 Å². The highest BCUT2D eigenvalue weighted by molar-refractivity contribution is 5.93. The first-order chi connectivity index (χ1) is 13.8. The number of aromatic nitrogens is 1. The van der Waals surface area contributed by atoms with Crippen LogP contribution in [0.15, 0.2) is 53.1 Å². The molecular formula is C23H26N2O4. The van der Waals surface area contributed by atoms with E-state index >= 15 is 0 Å². The highest BCUT2D eigenvalue weighted by atomic mass is 16.5. The van der Waals surface area contributed by atoms with Gasteiger partial charge >= 0.3 is 0 Å². The number of benzene rings is 2. The van der Waals surface area contributed by atoms with Crippen molar-refractivity contribution in [2.45, 2.75) is 32.7 Å². The summed E-state index contributed by atoms with van der Waals surface area (Å²) in [5, 5.41) is 7.00. The number of nitrogens with zero attached hydrogens (tertiary/aromatic N) is 1. The third-order valence-corrected chi connectivity index (χ3v) is 4.76. The molecule has 0 radical (unpaired) electrons. The van der Waals surface area contributed by atoms with Gasteiger partial charge in [0.05, 0.1) is 19.8 Å². The molecule has 3 rings (SSSR count). The Morgan fingerprint density at radius 2 is 1.86 bits per heavy atom. The van der Waals surface area contributed by atoms with Crippen molar-refractivity contribution in [1.29, 1.82) is 0 Å². The minimum atomic E-state index is -0.448. The van der Waals surface area contributed by atoms with Crippen LogP contribution in [0.5, 0.6) is 11.5 Å². The number of hydrogen-bond acceptors (Lipinski definition) is 5. The summed E-state index contributed by atoms with van der Waals surface area (Å²) in [4.78, 5) is 12.8. The summed E-state index contributed by atoms with van der Waals surface area (Å²) < 4.78 is 16.1. The largest absolute Gasteiger partial charge is 0.497 e. The summed E-state index contributed by atoms with van der Waals surface area (Å²) in [6.45, 7) is 6.05. The molecule has 0 saturated carbocycles. The Morgan fingerprint density at radius 1 is 1.10 bits per heavy atom. The second-order valence-electron chi connectivity index (χ2n) is 7.58. The Balaban J connectivity index is 1.78. The molecule has 6 nitrogen and oxygen atoms in total. The maximum absolute atomic E-state index is 12.8. The van der Waals surface area contributed by atoms with Gasteiger partial charge in [-0.3, -0.25) is 4.79 Å². The summed E-state index contributed by atoms with van der Waals surface area (Å²) in [5.74, 6) is 1.40. The second kappa shape index (κ2) is 8.39. The number of amides is 1. The van der Waals surface area contributed by atoms with Gasteiger partial charge in [0.1, 0.15) is 11.5 Å². The topological polar surface area (TPSA) is 73.6 Å². The van der Waals surface area contributed by atoms with Crippen LogP contribution in [-0.2, 0) is 6.42 Å². The summed E-state index contributed by atoms with van der Waals surface area (Å²) in [7, 11) is 3.16. The van der Waals surface area contributed by atoms with E-state index in [2.05, 4.69) is 29.5 Å². The molecule has 6 heteroatoms. The Bertz CT molecular complexity index is 1010. The van der Waals surface area contributed by atoms with Gasteiger partial charge in [-0.2, -0.15) is 0 Å². The third kappa shape index (κ3) is 4.77. The maximum Gasteiger partial charge on any atom is 0.273 e. The normalized spacial score (nSPS) is 11.2. The molecule has 0 atom stereocenters. The number of nitrogens with one attached hydrogen (secondary N) is 1. The summed E-state index contributed by atoms with van der Waals surface area (Å²) >= 11 is 0. The van der Waals surface area contributed by atoms with Crippen LogP contribution >= 0.6 is 0 Å². The number of aryl methyl sites for hydroxylation is 1. The first kappa shape index (κ1) is 20.5. The van der Waals surface area contributed by atoms with E-state index in [1.54, 1.807) is 38.5 Å². The lowest BCUT2D eigenvalue weighted by molar-refractivity contribution is 0.0903. The highest BCUT2D eigenvalue weighted by Gasteiger charge is 2.25. The van der Waals surface area contributed by atoms with Crippen molar-refractivity contribution in [2.75, 3.05) is 14.2 Å². The molecule has 0 spiro atoms. The van der Waals surface area contributed by atoms with Crippen LogP contribution in [0.1, 0.15) is 35.5 Å². The van der Waals surface area contributed by atoms with Crippen molar-refractivity contribution in [3.05, 3.63) is 65.4 Å². The van der Waals surface area contributed by atoms with Crippen LogP contribution in [0.2, 0.25) is 0 Å². The Hall–Kier alpha value is -3.28. The Kier molecular flexibility index (Phi) is 5.92. The molecule has 3 aromatic rings. The predicted octanol–water partition coefficient (Wildman–Crippen LogP) is 4.42. The van der Waals surface area contributed by atoms with E-state index in [1.807, 2.05) is 26.0 Å². The first-order valence-corrected chi connectivity index (χ1v) is 9.39. The fraction of sp³-hybridized carbons (Fsp3) is 0.304. The summed E-state index contributed by atoms with van der Waals surface area (Å²) in [6, 6.07) is 15.1. The number of rotatable bonds is 7. The van der Waals surface area contributed by atoms with E-state index in [4.69, 9.17) is 14.0 Å². The molecule has 0 unspecified atom stereocenters. The molecule has 1 heterocycles. The fourth-order valence-electron chi connectivity index (χ4n) is 3.22. The van der Waals surface area contributed by atoms with Crippen LogP contribution in [0, 0.1) is 6.92 Å². The van der Waals surface area contributed by atoms with E-state index in [9.17, 15) is 4.79 Å². The van der Waals surface area contributed by atoms with Gasteiger partial charge in [0.25, 0.3) is 5.91 Å². The van der Waals surface area contributed by atoms with Gasteiger partial charge in [0.15, 0.2) is 11.5 Å². The second-order valence-corrected chi connectivity index (χ2v) is 7.58. The molecule has 0 bridgehead atoms. The monoisotopic (exact) mass is 394 g/mol. The summed E-state index contributed by atoms with van der Waals surface area (Å²) in [6.07, 6.45) is 0.708. The molecule has 0 aliphatic heterocycles. The molecule has 0 saturated heterocycles. The molecule has 0 fully saturated rings. The van der Waals surface area contributed by atoms with Gasteiger partial charge in [-0.05, 0) is 56.5 Å². The number of ether oxygens (including phenoxy) is 2. The van der Waals surface area contributed by atoms with Crippen molar-refractivity contribution >= 4 is 5.91 Å². The SMILES string of the molecule is COc1ccc(OC)c(-c2cc(C(=O)NC(C)(C)Cc3ccccc3C)no2)c1. The Labute approximate surface area is 170 Å². The number of methoxy groups -OCH3 is 2. The molecule has 1 N–H and O–H groups in total. The predicted molar refractivity (Wildman–Crippen MR) is 111 cm³/mol. The molecule has 1 amide bonds. The molecule has 1 aromatic heterocycles. The van der Waals surface area contributed by atoms with Crippen molar-refractivity contribution in [2.24, 2.45) is 0 Å². The van der Waals surface area contributed by atoms with Crippen LogP contribution in [0.3, 0.4) is 0 Å². The first-order valence-electron chi connectivity index (χ1n) is 9.39. The van der Waals surface area contributed by atoms with Crippen LogP contribution < -0.4 is 14.8 Å². The zero-order chi connectivity index (χ0) is 21.0. The van der Waals surface area contributed by atoms with Crippen molar-refractivity contribution in [3.63, 3.8) is 0 Å². The zero-order valence-corrected chi connectivity index (χ0v) is 17.4. The molecule has 152 valence electrons. The quantitative estimate of drug-likeness (QED) is 0.642. The van der Waals surface area contributed by atoms with E-state index < -0.39 is 5.54 Å². The number of hydrogen-bond donors (Lipinski definition) is 1. The standard InChI is InChI=1S/C23H26N2O4/c1-15-8-6-7-9-16(15)14-23(2,3)24-22(26)19-13-21(29-25-19)18-12-17(27-4)10-11-20(18)28-5/h6-13H,14H2,1-5H3,(H,24,26). The molecule has 29 heavy (non-hydrogen) atoms. The minimum Gasteiger partial charge on any atom is -0.497 e. The van der Waals surface area contributed by atoms with E-state index in [-0.39, 0.29) is 11.6 Å². The van der Waals surface area contributed by atoms with Crippen molar-refractivity contribution < 1.29 is 18.8 Å². The minimum absolute atomic E-state index is 0.211. The molecular weight excluding hydrogens is 368 g/mol.